The number of amides is 1. The van der Waals surface area contributed by atoms with Gasteiger partial charge >= 0.3 is 0 Å². The predicted molar refractivity (Wildman–Crippen MR) is 74.2 cm³/mol. The zero-order valence-corrected chi connectivity index (χ0v) is 11.5. The second-order valence-corrected chi connectivity index (χ2v) is 6.01. The van der Waals surface area contributed by atoms with Gasteiger partial charge in [-0.2, -0.15) is 0 Å². The van der Waals surface area contributed by atoms with E-state index in [0.29, 0.717) is 0 Å². The van der Waals surface area contributed by atoms with Crippen LogP contribution in [0.5, 0.6) is 0 Å². The van der Waals surface area contributed by atoms with E-state index in [0.717, 1.165) is 25.9 Å². The molecule has 0 saturated carbocycles. The molecule has 1 aromatic heterocycles. The number of rotatable bonds is 4. The van der Waals surface area contributed by atoms with Crippen LogP contribution in [-0.2, 0) is 4.79 Å². The van der Waals surface area contributed by atoms with Gasteiger partial charge in [0.05, 0.1) is 6.04 Å². The number of thiophene rings is 1. The predicted octanol–water partition coefficient (Wildman–Crippen LogP) is 1.33. The molecule has 2 unspecified atom stereocenters. The topological polar surface area (TPSA) is 72.3 Å². The van der Waals surface area contributed by atoms with Crippen LogP contribution in [0.15, 0.2) is 17.5 Å². The van der Waals surface area contributed by atoms with E-state index < -0.39 is 0 Å². The van der Waals surface area contributed by atoms with Crippen molar-refractivity contribution < 1.29 is 4.79 Å². The standard InChI is InChI=1S/C13H21N3OS/c1-9(14)12(11-3-2-8-18-11)16-6-4-10(5-7-16)13(15)17/h2-3,8-10,12H,4-7,14H2,1H3,(H2,15,17). The molecule has 0 radical (unpaired) electrons. The number of primary amides is 1. The second kappa shape index (κ2) is 5.82. The fraction of sp³-hybridized carbons (Fsp3) is 0.615. The lowest BCUT2D eigenvalue weighted by molar-refractivity contribution is -0.123. The molecule has 4 nitrogen and oxygen atoms in total. The average molecular weight is 267 g/mol. The van der Waals surface area contributed by atoms with Crippen molar-refractivity contribution in [1.29, 1.82) is 0 Å². The summed E-state index contributed by atoms with van der Waals surface area (Å²) in [5.41, 5.74) is 11.5. The summed E-state index contributed by atoms with van der Waals surface area (Å²) in [5.74, 6) is -0.124. The van der Waals surface area contributed by atoms with Gasteiger partial charge in [-0.05, 0) is 44.3 Å². The van der Waals surface area contributed by atoms with Crippen LogP contribution in [0.1, 0.15) is 30.7 Å². The molecular weight excluding hydrogens is 246 g/mol. The third-order valence-corrected chi connectivity index (χ3v) is 4.60. The Kier molecular flexibility index (Phi) is 4.37. The van der Waals surface area contributed by atoms with Gasteiger partial charge in [-0.3, -0.25) is 9.69 Å². The molecule has 2 atom stereocenters. The van der Waals surface area contributed by atoms with E-state index in [4.69, 9.17) is 11.5 Å². The van der Waals surface area contributed by atoms with Crippen molar-refractivity contribution in [1.82, 2.24) is 4.90 Å². The molecule has 0 bridgehead atoms. The molecule has 18 heavy (non-hydrogen) atoms. The maximum atomic E-state index is 11.2. The molecule has 1 aliphatic rings. The highest BCUT2D eigenvalue weighted by Gasteiger charge is 2.30. The molecular formula is C13H21N3OS. The van der Waals surface area contributed by atoms with Crippen LogP contribution in [0.2, 0.25) is 0 Å². The van der Waals surface area contributed by atoms with Crippen molar-refractivity contribution >= 4 is 17.2 Å². The number of piperidine rings is 1. The van der Waals surface area contributed by atoms with E-state index >= 15 is 0 Å². The van der Waals surface area contributed by atoms with Crippen LogP contribution in [-0.4, -0.2) is 29.9 Å². The lowest BCUT2D eigenvalue weighted by Crippen LogP contribution is -2.45. The van der Waals surface area contributed by atoms with Gasteiger partial charge in [-0.25, -0.2) is 0 Å². The van der Waals surface area contributed by atoms with Gasteiger partial charge in [0.25, 0.3) is 0 Å². The third-order valence-electron chi connectivity index (χ3n) is 3.66. The fourth-order valence-electron chi connectivity index (χ4n) is 2.69. The molecule has 1 aliphatic heterocycles. The first-order valence-electron chi connectivity index (χ1n) is 6.42. The van der Waals surface area contributed by atoms with Gasteiger partial charge in [0.2, 0.25) is 5.91 Å². The van der Waals surface area contributed by atoms with Crippen molar-refractivity contribution in [2.24, 2.45) is 17.4 Å². The molecule has 100 valence electrons. The van der Waals surface area contributed by atoms with Gasteiger partial charge in [-0.1, -0.05) is 6.07 Å². The molecule has 0 spiro atoms. The molecule has 1 fully saturated rings. The molecule has 1 aromatic rings. The van der Waals surface area contributed by atoms with E-state index in [1.165, 1.54) is 4.88 Å². The second-order valence-electron chi connectivity index (χ2n) is 5.03. The van der Waals surface area contributed by atoms with Crippen LogP contribution >= 0.6 is 11.3 Å². The highest BCUT2D eigenvalue weighted by Crippen LogP contribution is 2.31. The Morgan fingerprint density at radius 1 is 1.50 bits per heavy atom. The third kappa shape index (κ3) is 2.91. The Morgan fingerprint density at radius 3 is 2.61 bits per heavy atom. The van der Waals surface area contributed by atoms with E-state index in [2.05, 4.69) is 22.4 Å². The summed E-state index contributed by atoms with van der Waals surface area (Å²) >= 11 is 1.75. The average Bonchev–Trinajstić information content (AvgIpc) is 2.83. The quantitative estimate of drug-likeness (QED) is 0.864. The monoisotopic (exact) mass is 267 g/mol. The van der Waals surface area contributed by atoms with E-state index in [1.54, 1.807) is 11.3 Å². The van der Waals surface area contributed by atoms with Crippen molar-refractivity contribution in [2.75, 3.05) is 13.1 Å². The largest absolute Gasteiger partial charge is 0.369 e. The number of carbonyl (C=O) groups is 1. The molecule has 2 heterocycles. The molecule has 0 aromatic carbocycles. The van der Waals surface area contributed by atoms with E-state index in [-0.39, 0.29) is 23.9 Å². The summed E-state index contributed by atoms with van der Waals surface area (Å²) in [4.78, 5) is 14.9. The highest BCUT2D eigenvalue weighted by atomic mass is 32.1. The summed E-state index contributed by atoms with van der Waals surface area (Å²) in [6.07, 6.45) is 1.70. The fourth-order valence-corrected chi connectivity index (χ4v) is 3.67. The zero-order valence-electron chi connectivity index (χ0n) is 10.7. The Balaban J connectivity index is 2.04. The Labute approximate surface area is 112 Å². The highest BCUT2D eigenvalue weighted by molar-refractivity contribution is 7.10. The minimum Gasteiger partial charge on any atom is -0.369 e. The smallest absolute Gasteiger partial charge is 0.220 e. The number of carbonyl (C=O) groups excluding carboxylic acids is 1. The van der Waals surface area contributed by atoms with Gasteiger partial charge in [0, 0.05) is 16.8 Å². The van der Waals surface area contributed by atoms with Gasteiger partial charge in [0.15, 0.2) is 0 Å². The van der Waals surface area contributed by atoms with E-state index in [1.807, 2.05) is 6.92 Å². The van der Waals surface area contributed by atoms with Crippen molar-refractivity contribution in [3.63, 3.8) is 0 Å². The van der Waals surface area contributed by atoms with E-state index in [9.17, 15) is 4.79 Å². The number of nitrogens with two attached hydrogens (primary N) is 2. The summed E-state index contributed by atoms with van der Waals surface area (Å²) in [6, 6.07) is 4.55. The first-order valence-corrected chi connectivity index (χ1v) is 7.30. The van der Waals surface area contributed by atoms with Crippen LogP contribution in [0, 0.1) is 5.92 Å². The summed E-state index contributed by atoms with van der Waals surface area (Å²) in [6.45, 7) is 3.85. The molecule has 4 N–H and O–H groups in total. The number of hydrogen-bond acceptors (Lipinski definition) is 4. The van der Waals surface area contributed by atoms with Crippen molar-refractivity contribution in [3.05, 3.63) is 22.4 Å². The maximum absolute atomic E-state index is 11.2. The molecule has 2 rings (SSSR count). The normalized spacial score (nSPS) is 21.7. The van der Waals surface area contributed by atoms with Crippen LogP contribution in [0.25, 0.3) is 0 Å². The Bertz CT molecular complexity index is 383. The first-order chi connectivity index (χ1) is 8.59. The molecule has 1 amide bonds. The summed E-state index contributed by atoms with van der Waals surface area (Å²) in [5, 5.41) is 2.08. The Morgan fingerprint density at radius 2 is 2.17 bits per heavy atom. The molecule has 1 saturated heterocycles. The maximum Gasteiger partial charge on any atom is 0.220 e. The number of hydrogen-bond donors (Lipinski definition) is 2. The van der Waals surface area contributed by atoms with Crippen LogP contribution < -0.4 is 11.5 Å². The minimum absolute atomic E-state index is 0.0401. The van der Waals surface area contributed by atoms with Crippen molar-refractivity contribution in [3.8, 4) is 0 Å². The van der Waals surface area contributed by atoms with Gasteiger partial charge in [0.1, 0.15) is 0 Å². The Hall–Kier alpha value is -0.910. The van der Waals surface area contributed by atoms with Gasteiger partial charge in [-0.15, -0.1) is 11.3 Å². The lowest BCUT2D eigenvalue weighted by atomic mass is 9.94. The van der Waals surface area contributed by atoms with Gasteiger partial charge < -0.3 is 11.5 Å². The molecule has 5 heteroatoms. The summed E-state index contributed by atoms with van der Waals surface area (Å²) < 4.78 is 0. The first kappa shape index (κ1) is 13.5. The number of nitrogens with zero attached hydrogens (tertiary/aromatic N) is 1. The lowest BCUT2D eigenvalue weighted by Gasteiger charge is -2.38. The van der Waals surface area contributed by atoms with Crippen LogP contribution in [0.3, 0.4) is 0 Å². The molecule has 0 aliphatic carbocycles. The SMILES string of the molecule is CC(N)C(c1cccs1)N1CCC(C(N)=O)CC1. The van der Waals surface area contributed by atoms with Crippen molar-refractivity contribution in [2.45, 2.75) is 31.8 Å². The zero-order chi connectivity index (χ0) is 13.1. The summed E-state index contributed by atoms with van der Waals surface area (Å²) in [7, 11) is 0. The van der Waals surface area contributed by atoms with Crippen LogP contribution in [0.4, 0.5) is 0 Å². The number of likely N-dealkylation sites (tertiary alicyclic amines) is 1. The minimum atomic E-state index is -0.164.